The average Bonchev–Trinajstić information content (AvgIpc) is 2.37. The van der Waals surface area contributed by atoms with E-state index in [9.17, 15) is 4.39 Å². The van der Waals surface area contributed by atoms with Gasteiger partial charge in [0.25, 0.3) is 0 Å². The molecule has 1 nitrogen and oxygen atoms in total. The van der Waals surface area contributed by atoms with Gasteiger partial charge in [0.1, 0.15) is 5.82 Å². The van der Waals surface area contributed by atoms with Gasteiger partial charge in [-0.15, -0.1) is 0 Å². The third-order valence-electron chi connectivity index (χ3n) is 2.44. The summed E-state index contributed by atoms with van der Waals surface area (Å²) in [6.45, 7) is 0. The normalized spacial score (nSPS) is 11.1. The molecule has 2 aromatic carbocycles. The second-order valence-corrected chi connectivity index (χ2v) is 4.14. The highest BCUT2D eigenvalue weighted by Crippen LogP contribution is 2.21. The van der Waals surface area contributed by atoms with Crippen molar-refractivity contribution in [1.29, 1.82) is 5.26 Å². The first-order valence-electron chi connectivity index (χ1n) is 5.33. The fourth-order valence-corrected chi connectivity index (χ4v) is 1.81. The largest absolute Gasteiger partial charge is 0.206 e. The van der Waals surface area contributed by atoms with E-state index in [0.717, 1.165) is 5.56 Å². The second-order valence-electron chi connectivity index (χ2n) is 3.70. The lowest BCUT2D eigenvalue weighted by Crippen LogP contribution is -1.87. The molecule has 0 unspecified atom stereocenters. The minimum Gasteiger partial charge on any atom is -0.206 e. The van der Waals surface area contributed by atoms with Gasteiger partial charge in [-0.1, -0.05) is 41.9 Å². The topological polar surface area (TPSA) is 23.8 Å². The highest BCUT2D eigenvalue weighted by Gasteiger charge is 2.06. The minimum absolute atomic E-state index is 0.273. The molecular weight excluding hydrogens is 249 g/mol. The molecule has 88 valence electrons. The summed E-state index contributed by atoms with van der Waals surface area (Å²) in [5.74, 6) is -0.410. The molecule has 0 saturated heterocycles. The molecule has 2 aromatic rings. The van der Waals surface area contributed by atoms with Crippen molar-refractivity contribution >= 4 is 23.3 Å². The molecule has 0 spiro atoms. The first kappa shape index (κ1) is 12.3. The molecule has 3 heteroatoms. The fourth-order valence-electron chi connectivity index (χ4n) is 1.61. The summed E-state index contributed by atoms with van der Waals surface area (Å²) < 4.78 is 13.6. The van der Waals surface area contributed by atoms with E-state index in [-0.39, 0.29) is 5.57 Å². The third-order valence-corrected chi connectivity index (χ3v) is 2.68. The van der Waals surface area contributed by atoms with Gasteiger partial charge in [-0.05, 0) is 29.8 Å². The summed E-state index contributed by atoms with van der Waals surface area (Å²) in [7, 11) is 0. The lowest BCUT2D eigenvalue weighted by atomic mass is 10.0. The highest BCUT2D eigenvalue weighted by molar-refractivity contribution is 6.30. The second kappa shape index (κ2) is 5.48. The van der Waals surface area contributed by atoms with Gasteiger partial charge >= 0.3 is 0 Å². The zero-order valence-electron chi connectivity index (χ0n) is 9.40. The molecule has 0 atom stereocenters. The van der Waals surface area contributed by atoms with Crippen LogP contribution in [0.15, 0.2) is 48.5 Å². The van der Waals surface area contributed by atoms with Gasteiger partial charge in [0.05, 0.1) is 11.6 Å². The van der Waals surface area contributed by atoms with E-state index in [2.05, 4.69) is 0 Å². The predicted octanol–water partition coefficient (Wildman–Crippen LogP) is 4.54. The van der Waals surface area contributed by atoms with Gasteiger partial charge in [0.2, 0.25) is 0 Å². The van der Waals surface area contributed by atoms with E-state index in [1.54, 1.807) is 42.5 Å². The standard InChI is InChI=1S/C15H9ClFN/c16-13-5-3-4-11(9-13)8-12(10-18)14-6-1-2-7-15(14)17/h1-9H/b12-8-. The molecule has 0 bridgehead atoms. The smallest absolute Gasteiger partial charge is 0.131 e. The zero-order chi connectivity index (χ0) is 13.0. The van der Waals surface area contributed by atoms with Crippen LogP contribution in [0.4, 0.5) is 4.39 Å². The maximum absolute atomic E-state index is 13.6. The molecule has 0 aliphatic carbocycles. The van der Waals surface area contributed by atoms with Gasteiger partial charge in [-0.2, -0.15) is 5.26 Å². The van der Waals surface area contributed by atoms with E-state index in [1.807, 2.05) is 12.1 Å². The number of benzene rings is 2. The Bertz CT molecular complexity index is 641. The van der Waals surface area contributed by atoms with Crippen molar-refractivity contribution in [1.82, 2.24) is 0 Å². The molecule has 0 fully saturated rings. The monoisotopic (exact) mass is 257 g/mol. The Kier molecular flexibility index (Phi) is 3.76. The summed E-state index contributed by atoms with van der Waals surface area (Å²) >= 11 is 5.86. The van der Waals surface area contributed by atoms with Crippen LogP contribution >= 0.6 is 11.6 Å². The van der Waals surface area contributed by atoms with Crippen molar-refractivity contribution in [2.75, 3.05) is 0 Å². The highest BCUT2D eigenvalue weighted by atomic mass is 35.5. The van der Waals surface area contributed by atoms with Crippen molar-refractivity contribution < 1.29 is 4.39 Å². The quantitative estimate of drug-likeness (QED) is 0.572. The Morgan fingerprint density at radius 1 is 1.17 bits per heavy atom. The number of nitrogens with zero attached hydrogens (tertiary/aromatic N) is 1. The molecule has 2 rings (SSSR count). The van der Waals surface area contributed by atoms with Crippen LogP contribution in [-0.4, -0.2) is 0 Å². The summed E-state index contributed by atoms with van der Waals surface area (Å²) in [4.78, 5) is 0. The van der Waals surface area contributed by atoms with Gasteiger partial charge in [0.15, 0.2) is 0 Å². The van der Waals surface area contributed by atoms with Crippen LogP contribution < -0.4 is 0 Å². The van der Waals surface area contributed by atoms with Gasteiger partial charge < -0.3 is 0 Å². The van der Waals surface area contributed by atoms with Crippen LogP contribution in [0.25, 0.3) is 11.6 Å². The summed E-state index contributed by atoms with van der Waals surface area (Å²) in [6.07, 6.45) is 1.62. The number of rotatable bonds is 2. The van der Waals surface area contributed by atoms with Crippen molar-refractivity contribution in [3.05, 3.63) is 70.5 Å². The molecule has 0 aromatic heterocycles. The van der Waals surface area contributed by atoms with Crippen LogP contribution in [0.1, 0.15) is 11.1 Å². The Balaban J connectivity index is 2.48. The Morgan fingerprint density at radius 2 is 1.94 bits per heavy atom. The van der Waals surface area contributed by atoms with Gasteiger partial charge in [-0.25, -0.2) is 4.39 Å². The number of hydrogen-bond donors (Lipinski definition) is 0. The SMILES string of the molecule is N#C/C(=C/c1cccc(Cl)c1)c1ccccc1F. The van der Waals surface area contributed by atoms with Crippen LogP contribution in [0.2, 0.25) is 5.02 Å². The van der Waals surface area contributed by atoms with E-state index in [4.69, 9.17) is 16.9 Å². The first-order chi connectivity index (χ1) is 8.70. The average molecular weight is 258 g/mol. The molecule has 0 N–H and O–H groups in total. The van der Waals surface area contributed by atoms with Crippen molar-refractivity contribution in [3.63, 3.8) is 0 Å². The maximum atomic E-state index is 13.6. The molecule has 18 heavy (non-hydrogen) atoms. The lowest BCUT2D eigenvalue weighted by molar-refractivity contribution is 0.624. The third kappa shape index (κ3) is 2.77. The lowest BCUT2D eigenvalue weighted by Gasteiger charge is -2.01. The predicted molar refractivity (Wildman–Crippen MR) is 71.3 cm³/mol. The summed E-state index contributed by atoms with van der Waals surface area (Å²) in [5, 5.41) is 9.69. The van der Waals surface area contributed by atoms with E-state index < -0.39 is 5.82 Å². The minimum atomic E-state index is -0.410. The molecule has 0 aliphatic heterocycles. The van der Waals surface area contributed by atoms with Crippen LogP contribution in [0.5, 0.6) is 0 Å². The fraction of sp³-hybridized carbons (Fsp3) is 0. The van der Waals surface area contributed by atoms with Crippen LogP contribution in [0.3, 0.4) is 0 Å². The Morgan fingerprint density at radius 3 is 2.61 bits per heavy atom. The maximum Gasteiger partial charge on any atom is 0.131 e. The van der Waals surface area contributed by atoms with Crippen molar-refractivity contribution in [2.45, 2.75) is 0 Å². The molecular formula is C15H9ClFN. The summed E-state index contributed by atoms with van der Waals surface area (Å²) in [6, 6.07) is 15.3. The van der Waals surface area contributed by atoms with Crippen LogP contribution in [0, 0.1) is 17.1 Å². The molecule has 0 heterocycles. The number of allylic oxidation sites excluding steroid dienone is 1. The summed E-state index contributed by atoms with van der Waals surface area (Å²) in [5.41, 5.74) is 1.33. The van der Waals surface area contributed by atoms with Crippen molar-refractivity contribution in [3.8, 4) is 6.07 Å². The molecule has 0 saturated carbocycles. The number of hydrogen-bond acceptors (Lipinski definition) is 1. The van der Waals surface area contributed by atoms with Crippen molar-refractivity contribution in [2.24, 2.45) is 0 Å². The number of halogens is 2. The Hall–Kier alpha value is -2.11. The van der Waals surface area contributed by atoms with E-state index >= 15 is 0 Å². The number of nitriles is 1. The molecule has 0 aliphatic rings. The molecule has 0 amide bonds. The van der Waals surface area contributed by atoms with Crippen LogP contribution in [-0.2, 0) is 0 Å². The first-order valence-corrected chi connectivity index (χ1v) is 5.71. The Labute approximate surface area is 110 Å². The van der Waals surface area contributed by atoms with Gasteiger partial charge in [-0.3, -0.25) is 0 Å². The van der Waals surface area contributed by atoms with E-state index in [0.29, 0.717) is 10.6 Å². The molecule has 0 radical (unpaired) electrons. The zero-order valence-corrected chi connectivity index (χ0v) is 10.2. The van der Waals surface area contributed by atoms with Gasteiger partial charge in [0, 0.05) is 10.6 Å². The van der Waals surface area contributed by atoms with E-state index in [1.165, 1.54) is 6.07 Å².